The van der Waals surface area contributed by atoms with Crippen molar-refractivity contribution < 1.29 is 9.90 Å². The Hall–Kier alpha value is -1.35. The van der Waals surface area contributed by atoms with Crippen molar-refractivity contribution in [1.82, 2.24) is 0 Å². The van der Waals surface area contributed by atoms with Gasteiger partial charge in [0.05, 0.1) is 6.10 Å². The second-order valence-corrected chi connectivity index (χ2v) is 7.25. The first-order chi connectivity index (χ1) is 9.97. The summed E-state index contributed by atoms with van der Waals surface area (Å²) < 4.78 is 0. The number of carbonyl (C=O) groups excluding carboxylic acids is 1. The minimum atomic E-state index is -0.400. The molecule has 0 spiro atoms. The molecule has 1 amide bonds. The molecule has 1 aliphatic carbocycles. The molecule has 1 fully saturated rings. The number of amides is 1. The summed E-state index contributed by atoms with van der Waals surface area (Å²) in [5, 5.41) is 13.7. The minimum Gasteiger partial charge on any atom is -0.388 e. The Morgan fingerprint density at radius 2 is 2.10 bits per heavy atom. The Labute approximate surface area is 126 Å². The molecule has 114 valence electrons. The highest BCUT2D eigenvalue weighted by atomic mass is 16.3. The van der Waals surface area contributed by atoms with Crippen LogP contribution in [0.25, 0.3) is 0 Å². The first-order valence-corrected chi connectivity index (χ1v) is 8.08. The molecule has 1 aliphatic heterocycles. The number of benzene rings is 1. The number of nitrogens with one attached hydrogen (secondary N) is 1. The lowest BCUT2D eigenvalue weighted by atomic mass is 9.65. The van der Waals surface area contributed by atoms with Gasteiger partial charge in [-0.2, -0.15) is 0 Å². The van der Waals surface area contributed by atoms with E-state index in [0.717, 1.165) is 29.7 Å². The highest BCUT2D eigenvalue weighted by Gasteiger charge is 2.37. The zero-order valence-electron chi connectivity index (χ0n) is 13.0. The fourth-order valence-corrected chi connectivity index (χ4v) is 3.93. The number of rotatable bonds is 2. The lowest BCUT2D eigenvalue weighted by molar-refractivity contribution is -0.116. The Morgan fingerprint density at radius 1 is 1.29 bits per heavy atom. The molecule has 0 saturated heterocycles. The van der Waals surface area contributed by atoms with Crippen LogP contribution in [-0.4, -0.2) is 11.0 Å². The molecule has 2 atom stereocenters. The number of aryl methyl sites for hydroxylation is 1. The van der Waals surface area contributed by atoms with Gasteiger partial charge in [0.25, 0.3) is 0 Å². The Kier molecular flexibility index (Phi) is 3.78. The lowest BCUT2D eigenvalue weighted by Gasteiger charge is -2.41. The summed E-state index contributed by atoms with van der Waals surface area (Å²) in [7, 11) is 0. The van der Waals surface area contributed by atoms with E-state index >= 15 is 0 Å². The molecule has 1 saturated carbocycles. The fraction of sp³-hybridized carbons (Fsp3) is 0.611. The molecule has 2 unspecified atom stereocenters. The van der Waals surface area contributed by atoms with E-state index in [9.17, 15) is 9.90 Å². The van der Waals surface area contributed by atoms with Gasteiger partial charge in [0, 0.05) is 12.1 Å². The predicted molar refractivity (Wildman–Crippen MR) is 84.1 cm³/mol. The van der Waals surface area contributed by atoms with Crippen molar-refractivity contribution in [2.75, 3.05) is 5.32 Å². The van der Waals surface area contributed by atoms with Gasteiger partial charge in [-0.1, -0.05) is 38.8 Å². The maximum absolute atomic E-state index is 11.4. The molecule has 2 N–H and O–H groups in total. The summed E-state index contributed by atoms with van der Waals surface area (Å²) in [4.78, 5) is 11.4. The Balaban J connectivity index is 1.85. The molecule has 0 aromatic heterocycles. The summed E-state index contributed by atoms with van der Waals surface area (Å²) >= 11 is 0. The standard InChI is InChI=1S/C18H25NO2/c1-18(2)10-4-3-5-14(18)17(21)13-6-8-15-12(11-13)7-9-16(20)19-15/h6,8,11,14,17,21H,3-5,7,9-10H2,1-2H3,(H,19,20). The van der Waals surface area contributed by atoms with Crippen LogP contribution in [-0.2, 0) is 11.2 Å². The van der Waals surface area contributed by atoms with Gasteiger partial charge in [-0.3, -0.25) is 4.79 Å². The van der Waals surface area contributed by atoms with E-state index in [-0.39, 0.29) is 11.3 Å². The first kappa shape index (κ1) is 14.6. The molecule has 1 heterocycles. The van der Waals surface area contributed by atoms with Crippen molar-refractivity contribution in [3.8, 4) is 0 Å². The van der Waals surface area contributed by atoms with Gasteiger partial charge < -0.3 is 10.4 Å². The van der Waals surface area contributed by atoms with E-state index < -0.39 is 6.10 Å². The number of fused-ring (bicyclic) bond motifs is 1. The van der Waals surface area contributed by atoms with E-state index in [0.29, 0.717) is 12.3 Å². The summed E-state index contributed by atoms with van der Waals surface area (Å²) in [5.74, 6) is 0.409. The molecule has 3 nitrogen and oxygen atoms in total. The van der Waals surface area contributed by atoms with Crippen LogP contribution in [0, 0.1) is 11.3 Å². The second-order valence-electron chi connectivity index (χ2n) is 7.25. The number of hydrogen-bond acceptors (Lipinski definition) is 2. The molecule has 0 radical (unpaired) electrons. The van der Waals surface area contributed by atoms with Gasteiger partial charge in [0.2, 0.25) is 5.91 Å². The average Bonchev–Trinajstić information content (AvgIpc) is 2.45. The van der Waals surface area contributed by atoms with Crippen LogP contribution in [0.5, 0.6) is 0 Å². The average molecular weight is 287 g/mol. The predicted octanol–water partition coefficient (Wildman–Crippen LogP) is 3.82. The van der Waals surface area contributed by atoms with Gasteiger partial charge in [-0.25, -0.2) is 0 Å². The SMILES string of the molecule is CC1(C)CCCCC1C(O)c1ccc2c(c1)CCC(=O)N2. The van der Waals surface area contributed by atoms with E-state index in [1.165, 1.54) is 19.3 Å². The monoisotopic (exact) mass is 287 g/mol. The van der Waals surface area contributed by atoms with E-state index in [1.54, 1.807) is 0 Å². The summed E-state index contributed by atoms with van der Waals surface area (Å²) in [5.41, 5.74) is 3.26. The molecule has 3 heteroatoms. The molecule has 21 heavy (non-hydrogen) atoms. The van der Waals surface area contributed by atoms with Crippen LogP contribution < -0.4 is 5.32 Å². The molecular weight excluding hydrogens is 262 g/mol. The van der Waals surface area contributed by atoms with E-state index in [1.807, 2.05) is 12.1 Å². The van der Waals surface area contributed by atoms with Gasteiger partial charge in [-0.05, 0) is 47.8 Å². The van der Waals surface area contributed by atoms with Gasteiger partial charge >= 0.3 is 0 Å². The first-order valence-electron chi connectivity index (χ1n) is 8.08. The third-order valence-electron chi connectivity index (χ3n) is 5.34. The highest BCUT2D eigenvalue weighted by molar-refractivity contribution is 5.93. The molecule has 3 rings (SSSR count). The Morgan fingerprint density at radius 3 is 2.86 bits per heavy atom. The van der Waals surface area contributed by atoms with Gasteiger partial charge in [0.15, 0.2) is 0 Å². The van der Waals surface area contributed by atoms with Crippen molar-refractivity contribution >= 4 is 11.6 Å². The molecule has 1 aromatic rings. The van der Waals surface area contributed by atoms with Crippen LogP contribution in [0.3, 0.4) is 0 Å². The third kappa shape index (κ3) is 2.84. The molecular formula is C18H25NO2. The van der Waals surface area contributed by atoms with Crippen molar-refractivity contribution in [2.24, 2.45) is 11.3 Å². The minimum absolute atomic E-state index is 0.0872. The second kappa shape index (κ2) is 5.45. The largest absolute Gasteiger partial charge is 0.388 e. The normalized spacial score (nSPS) is 25.9. The maximum atomic E-state index is 11.4. The van der Waals surface area contributed by atoms with E-state index in [2.05, 4.69) is 25.2 Å². The number of hydrogen-bond donors (Lipinski definition) is 2. The van der Waals surface area contributed by atoms with Crippen LogP contribution >= 0.6 is 0 Å². The zero-order valence-corrected chi connectivity index (χ0v) is 13.0. The maximum Gasteiger partial charge on any atom is 0.224 e. The Bertz CT molecular complexity index is 550. The number of aliphatic hydroxyl groups excluding tert-OH is 1. The van der Waals surface area contributed by atoms with E-state index in [4.69, 9.17) is 0 Å². The highest BCUT2D eigenvalue weighted by Crippen LogP contribution is 2.47. The smallest absolute Gasteiger partial charge is 0.224 e. The number of carbonyl (C=O) groups is 1. The quantitative estimate of drug-likeness (QED) is 0.868. The fourth-order valence-electron chi connectivity index (χ4n) is 3.93. The molecule has 2 aliphatic rings. The number of aliphatic hydroxyl groups is 1. The third-order valence-corrected chi connectivity index (χ3v) is 5.34. The van der Waals surface area contributed by atoms with Crippen molar-refractivity contribution in [3.05, 3.63) is 29.3 Å². The van der Waals surface area contributed by atoms with Crippen molar-refractivity contribution in [2.45, 2.75) is 58.5 Å². The lowest BCUT2D eigenvalue weighted by Crippen LogP contribution is -2.32. The zero-order chi connectivity index (χ0) is 15.0. The topological polar surface area (TPSA) is 49.3 Å². The molecule has 1 aromatic carbocycles. The van der Waals surface area contributed by atoms with Crippen LogP contribution in [0.2, 0.25) is 0 Å². The summed E-state index contributed by atoms with van der Waals surface area (Å²) in [6.45, 7) is 4.55. The van der Waals surface area contributed by atoms with Gasteiger partial charge in [-0.15, -0.1) is 0 Å². The summed E-state index contributed by atoms with van der Waals surface area (Å²) in [6, 6.07) is 6.00. The van der Waals surface area contributed by atoms with Crippen LogP contribution in [0.15, 0.2) is 18.2 Å². The molecule has 0 bridgehead atoms. The van der Waals surface area contributed by atoms with Gasteiger partial charge in [0.1, 0.15) is 0 Å². The van der Waals surface area contributed by atoms with Crippen LogP contribution in [0.4, 0.5) is 5.69 Å². The summed E-state index contributed by atoms with van der Waals surface area (Å²) in [6.07, 6.45) is 5.69. The number of anilines is 1. The van der Waals surface area contributed by atoms with Crippen molar-refractivity contribution in [3.63, 3.8) is 0 Å². The van der Waals surface area contributed by atoms with Crippen molar-refractivity contribution in [1.29, 1.82) is 0 Å². The van der Waals surface area contributed by atoms with Crippen LogP contribution in [0.1, 0.15) is 63.2 Å².